The molecular weight excluding hydrogens is 428 g/mol. The van der Waals surface area contributed by atoms with Crippen molar-refractivity contribution in [3.63, 3.8) is 0 Å². The van der Waals surface area contributed by atoms with E-state index in [4.69, 9.17) is 0 Å². The van der Waals surface area contributed by atoms with Crippen LogP contribution in [0.15, 0.2) is 51.4 Å². The standard InChI is InChI=1S/C20H20Br2N2/c21-13-3-1-4-15(11-13)23-20-10-7-18(20)19(8-2-9-19)24-17-12-14(22)5-6-16(17)20/h1,3-6,11-12,18,23-24H,2,7-10H2. The fraction of sp³-hybridized carbons (Fsp3) is 0.400. The number of rotatable bonds is 2. The molecule has 4 heteroatoms. The van der Waals surface area contributed by atoms with Crippen molar-refractivity contribution in [1.82, 2.24) is 0 Å². The topological polar surface area (TPSA) is 24.1 Å². The van der Waals surface area contributed by atoms with Crippen LogP contribution in [0, 0.1) is 5.92 Å². The van der Waals surface area contributed by atoms with Crippen LogP contribution >= 0.6 is 31.9 Å². The maximum absolute atomic E-state index is 3.95. The molecule has 2 nitrogen and oxygen atoms in total. The zero-order chi connectivity index (χ0) is 16.4. The molecule has 2 unspecified atom stereocenters. The molecule has 0 amide bonds. The molecule has 2 fully saturated rings. The summed E-state index contributed by atoms with van der Waals surface area (Å²) in [4.78, 5) is 0. The Labute approximate surface area is 159 Å². The largest absolute Gasteiger partial charge is 0.379 e. The number of fused-ring (bicyclic) bond motifs is 4. The van der Waals surface area contributed by atoms with Gasteiger partial charge in [0.25, 0.3) is 0 Å². The van der Waals surface area contributed by atoms with Gasteiger partial charge >= 0.3 is 0 Å². The minimum absolute atomic E-state index is 0.0719. The lowest BCUT2D eigenvalue weighted by molar-refractivity contribution is 0.0197. The molecule has 1 aliphatic heterocycles. The van der Waals surface area contributed by atoms with E-state index in [1.165, 1.54) is 49.0 Å². The number of anilines is 2. The number of hydrogen-bond donors (Lipinski definition) is 2. The average molecular weight is 448 g/mol. The van der Waals surface area contributed by atoms with Crippen LogP contribution in [0.3, 0.4) is 0 Å². The first kappa shape index (κ1) is 15.3. The average Bonchev–Trinajstić information content (AvgIpc) is 2.49. The summed E-state index contributed by atoms with van der Waals surface area (Å²) in [6, 6.07) is 15.3. The summed E-state index contributed by atoms with van der Waals surface area (Å²) in [5.41, 5.74) is 4.31. The highest BCUT2D eigenvalue weighted by molar-refractivity contribution is 9.10. The molecular formula is C20H20Br2N2. The van der Waals surface area contributed by atoms with Crippen LogP contribution in [-0.4, -0.2) is 5.54 Å². The van der Waals surface area contributed by atoms with Gasteiger partial charge in [-0.3, -0.25) is 0 Å². The van der Waals surface area contributed by atoms with Crippen molar-refractivity contribution >= 4 is 43.2 Å². The Balaban J connectivity index is 1.63. The predicted octanol–water partition coefficient (Wildman–Crippen LogP) is 6.28. The summed E-state index contributed by atoms with van der Waals surface area (Å²) in [5, 5.41) is 7.87. The van der Waals surface area contributed by atoms with E-state index in [1.54, 1.807) is 0 Å². The molecule has 2 N–H and O–H groups in total. The first-order valence-corrected chi connectivity index (χ1v) is 10.3. The van der Waals surface area contributed by atoms with E-state index < -0.39 is 0 Å². The van der Waals surface area contributed by atoms with Gasteiger partial charge in [0.2, 0.25) is 0 Å². The second kappa shape index (κ2) is 5.25. The highest BCUT2D eigenvalue weighted by Crippen LogP contribution is 2.63. The molecule has 2 aromatic rings. The molecule has 3 aliphatic rings. The predicted molar refractivity (Wildman–Crippen MR) is 107 cm³/mol. The number of benzene rings is 2. The lowest BCUT2D eigenvalue weighted by atomic mass is 9.48. The molecule has 24 heavy (non-hydrogen) atoms. The lowest BCUT2D eigenvalue weighted by Crippen LogP contribution is -2.68. The maximum atomic E-state index is 3.95. The first-order valence-electron chi connectivity index (χ1n) is 8.73. The van der Waals surface area contributed by atoms with Crippen molar-refractivity contribution in [2.24, 2.45) is 5.92 Å². The van der Waals surface area contributed by atoms with E-state index in [2.05, 4.69) is 85.0 Å². The molecule has 2 aliphatic carbocycles. The van der Waals surface area contributed by atoms with Crippen molar-refractivity contribution < 1.29 is 0 Å². The Bertz CT molecular complexity index is 815. The second-order valence-corrected chi connectivity index (χ2v) is 9.35. The normalized spacial score (nSPS) is 28.8. The Morgan fingerprint density at radius 1 is 1.00 bits per heavy atom. The molecule has 5 rings (SSSR count). The van der Waals surface area contributed by atoms with E-state index in [9.17, 15) is 0 Å². The van der Waals surface area contributed by atoms with Gasteiger partial charge in [-0.1, -0.05) is 44.0 Å². The van der Waals surface area contributed by atoms with Crippen LogP contribution in [0.25, 0.3) is 0 Å². The van der Waals surface area contributed by atoms with Crippen LogP contribution < -0.4 is 10.6 Å². The van der Waals surface area contributed by atoms with Gasteiger partial charge < -0.3 is 10.6 Å². The minimum atomic E-state index is 0.0719. The summed E-state index contributed by atoms with van der Waals surface area (Å²) in [6.45, 7) is 0. The molecule has 1 spiro atoms. The highest BCUT2D eigenvalue weighted by Gasteiger charge is 2.62. The first-order chi connectivity index (χ1) is 11.6. The quantitative estimate of drug-likeness (QED) is 0.566. The van der Waals surface area contributed by atoms with E-state index in [-0.39, 0.29) is 5.54 Å². The van der Waals surface area contributed by atoms with Gasteiger partial charge in [0, 0.05) is 37.3 Å². The summed E-state index contributed by atoms with van der Waals surface area (Å²) >= 11 is 7.26. The third kappa shape index (κ3) is 2.05. The minimum Gasteiger partial charge on any atom is -0.379 e. The summed E-state index contributed by atoms with van der Waals surface area (Å²) in [7, 11) is 0. The maximum Gasteiger partial charge on any atom is 0.0695 e. The van der Waals surface area contributed by atoms with E-state index >= 15 is 0 Å². The Morgan fingerprint density at radius 3 is 2.50 bits per heavy atom. The zero-order valence-electron chi connectivity index (χ0n) is 13.4. The number of nitrogens with one attached hydrogen (secondary N) is 2. The Morgan fingerprint density at radius 2 is 1.83 bits per heavy atom. The van der Waals surface area contributed by atoms with Crippen LogP contribution in [0.5, 0.6) is 0 Å². The van der Waals surface area contributed by atoms with Gasteiger partial charge in [0.1, 0.15) is 0 Å². The van der Waals surface area contributed by atoms with Gasteiger partial charge in [-0.15, -0.1) is 0 Å². The smallest absolute Gasteiger partial charge is 0.0695 e. The highest BCUT2D eigenvalue weighted by atomic mass is 79.9. The fourth-order valence-corrected chi connectivity index (χ4v) is 5.84. The van der Waals surface area contributed by atoms with E-state index in [0.29, 0.717) is 11.5 Å². The molecule has 0 radical (unpaired) electrons. The van der Waals surface area contributed by atoms with Gasteiger partial charge in [-0.2, -0.15) is 0 Å². The third-order valence-electron chi connectivity index (χ3n) is 6.37. The third-order valence-corrected chi connectivity index (χ3v) is 7.36. The van der Waals surface area contributed by atoms with Crippen LogP contribution in [0.2, 0.25) is 0 Å². The van der Waals surface area contributed by atoms with Gasteiger partial charge in [0.15, 0.2) is 0 Å². The monoisotopic (exact) mass is 446 g/mol. The lowest BCUT2D eigenvalue weighted by Gasteiger charge is -2.66. The summed E-state index contributed by atoms with van der Waals surface area (Å²) < 4.78 is 2.28. The molecule has 2 saturated carbocycles. The Kier molecular flexibility index (Phi) is 3.34. The van der Waals surface area contributed by atoms with Gasteiger partial charge in [-0.25, -0.2) is 0 Å². The number of halogens is 2. The van der Waals surface area contributed by atoms with E-state index in [1.807, 2.05) is 0 Å². The molecule has 0 bridgehead atoms. The van der Waals surface area contributed by atoms with Crippen LogP contribution in [0.4, 0.5) is 11.4 Å². The van der Waals surface area contributed by atoms with Gasteiger partial charge in [-0.05, 0) is 62.4 Å². The molecule has 2 aromatic carbocycles. The zero-order valence-corrected chi connectivity index (χ0v) is 16.6. The summed E-state index contributed by atoms with van der Waals surface area (Å²) in [5.74, 6) is 0.673. The molecule has 124 valence electrons. The SMILES string of the molecule is Brc1cccc(NC23CCC2C2(CCC2)Nc2cc(Br)ccc23)c1. The van der Waals surface area contributed by atoms with Gasteiger partial charge in [0.05, 0.1) is 5.54 Å². The van der Waals surface area contributed by atoms with Crippen molar-refractivity contribution in [2.75, 3.05) is 10.6 Å². The molecule has 0 saturated heterocycles. The van der Waals surface area contributed by atoms with Crippen LogP contribution in [0.1, 0.15) is 37.7 Å². The molecule has 1 heterocycles. The van der Waals surface area contributed by atoms with Crippen LogP contribution in [-0.2, 0) is 5.54 Å². The van der Waals surface area contributed by atoms with Crippen molar-refractivity contribution in [3.05, 3.63) is 57.0 Å². The fourth-order valence-electron chi connectivity index (χ4n) is 5.08. The molecule has 0 aromatic heterocycles. The number of hydrogen-bond acceptors (Lipinski definition) is 2. The molecule has 2 atom stereocenters. The van der Waals surface area contributed by atoms with Crippen molar-refractivity contribution in [3.8, 4) is 0 Å². The second-order valence-electron chi connectivity index (χ2n) is 7.52. The Hall–Kier alpha value is -1.00. The van der Waals surface area contributed by atoms with E-state index in [0.717, 1.165) is 8.95 Å². The summed E-state index contributed by atoms with van der Waals surface area (Å²) in [6.07, 6.45) is 6.46. The van der Waals surface area contributed by atoms with Crippen molar-refractivity contribution in [1.29, 1.82) is 0 Å². The van der Waals surface area contributed by atoms with Crippen molar-refractivity contribution in [2.45, 2.75) is 43.2 Å².